The Morgan fingerprint density at radius 3 is 2.35 bits per heavy atom. The zero-order valence-electron chi connectivity index (χ0n) is 11.5. The van der Waals surface area contributed by atoms with E-state index in [1.807, 2.05) is 13.8 Å². The molecule has 0 aliphatic heterocycles. The Bertz CT molecular complexity index is 498. The first-order chi connectivity index (χ1) is 9.38. The highest BCUT2D eigenvalue weighted by atomic mass is 32.1. The Labute approximate surface area is 123 Å². The molecule has 0 radical (unpaired) electrons. The van der Waals surface area contributed by atoms with Crippen LogP contribution in [0.2, 0.25) is 0 Å². The van der Waals surface area contributed by atoms with Gasteiger partial charge in [0.2, 0.25) is 5.91 Å². The molecule has 0 atom stereocenters. The number of rotatable bonds is 5. The molecule has 0 fully saturated rings. The van der Waals surface area contributed by atoms with Gasteiger partial charge in [0.1, 0.15) is 0 Å². The molecule has 3 N–H and O–H groups in total. The molecule has 20 heavy (non-hydrogen) atoms. The Hall–Kier alpha value is -1.95. The van der Waals surface area contributed by atoms with Crippen LogP contribution >= 0.6 is 12.2 Å². The summed E-state index contributed by atoms with van der Waals surface area (Å²) in [5, 5.41) is 14.6. The Balaban J connectivity index is 2.41. The summed E-state index contributed by atoms with van der Waals surface area (Å²) in [6.45, 7) is 4.35. The smallest absolute Gasteiger partial charge is 0.335 e. The molecule has 1 aromatic rings. The molecule has 0 aromatic heterocycles. The number of aromatic carboxylic acids is 1. The van der Waals surface area contributed by atoms with Crippen LogP contribution in [0.15, 0.2) is 24.3 Å². The number of thiocarbonyl (C=S) groups is 1. The summed E-state index contributed by atoms with van der Waals surface area (Å²) in [6, 6.07) is 6.46. The third-order valence-corrected chi connectivity index (χ3v) is 2.75. The van der Waals surface area contributed by atoms with E-state index in [1.54, 1.807) is 12.1 Å². The first-order valence-electron chi connectivity index (χ1n) is 6.28. The van der Waals surface area contributed by atoms with E-state index in [0.29, 0.717) is 13.0 Å². The van der Waals surface area contributed by atoms with Crippen LogP contribution < -0.4 is 10.6 Å². The van der Waals surface area contributed by atoms with Crippen molar-refractivity contribution in [3.63, 3.8) is 0 Å². The van der Waals surface area contributed by atoms with Gasteiger partial charge < -0.3 is 15.7 Å². The molecule has 0 aliphatic rings. The van der Waals surface area contributed by atoms with Gasteiger partial charge in [0.25, 0.3) is 0 Å². The standard InChI is InChI=1S/C14H18N2O3S/c1-9(2)7-12(17)16-14(20)15-8-10-3-5-11(6-4-10)13(18)19/h3-6,9H,7-8H2,1-2H3,(H,18,19)(H2,15,16,17,20). The van der Waals surface area contributed by atoms with Gasteiger partial charge in [-0.25, -0.2) is 4.79 Å². The molecule has 0 aliphatic carbocycles. The molecule has 1 amide bonds. The molecule has 0 saturated heterocycles. The Morgan fingerprint density at radius 1 is 1.25 bits per heavy atom. The number of carbonyl (C=O) groups is 2. The molecule has 0 bridgehead atoms. The minimum Gasteiger partial charge on any atom is -0.478 e. The van der Waals surface area contributed by atoms with Gasteiger partial charge in [0.05, 0.1) is 5.56 Å². The fourth-order valence-electron chi connectivity index (χ4n) is 1.54. The van der Waals surface area contributed by atoms with Crippen molar-refractivity contribution < 1.29 is 14.7 Å². The third kappa shape index (κ3) is 5.79. The lowest BCUT2D eigenvalue weighted by molar-refractivity contribution is -0.120. The summed E-state index contributed by atoms with van der Waals surface area (Å²) >= 11 is 5.01. The van der Waals surface area contributed by atoms with E-state index in [9.17, 15) is 9.59 Å². The topological polar surface area (TPSA) is 78.4 Å². The average Bonchev–Trinajstić information content (AvgIpc) is 2.35. The van der Waals surface area contributed by atoms with E-state index in [-0.39, 0.29) is 22.5 Å². The summed E-state index contributed by atoms with van der Waals surface area (Å²) in [7, 11) is 0. The fraction of sp³-hybridized carbons (Fsp3) is 0.357. The number of amides is 1. The normalized spacial score (nSPS) is 10.2. The highest BCUT2D eigenvalue weighted by Gasteiger charge is 2.07. The number of carboxylic acid groups (broad SMARTS) is 1. The lowest BCUT2D eigenvalue weighted by Crippen LogP contribution is -2.39. The highest BCUT2D eigenvalue weighted by Crippen LogP contribution is 2.04. The van der Waals surface area contributed by atoms with Crippen molar-refractivity contribution in [3.8, 4) is 0 Å². The van der Waals surface area contributed by atoms with Crippen molar-refractivity contribution >= 4 is 29.2 Å². The zero-order valence-corrected chi connectivity index (χ0v) is 12.3. The molecular weight excluding hydrogens is 276 g/mol. The van der Waals surface area contributed by atoms with Crippen molar-refractivity contribution in [1.82, 2.24) is 10.6 Å². The molecule has 0 unspecified atom stereocenters. The van der Waals surface area contributed by atoms with E-state index in [4.69, 9.17) is 17.3 Å². The van der Waals surface area contributed by atoms with Crippen molar-refractivity contribution in [3.05, 3.63) is 35.4 Å². The molecule has 0 heterocycles. The lowest BCUT2D eigenvalue weighted by atomic mass is 10.1. The number of benzene rings is 1. The third-order valence-electron chi connectivity index (χ3n) is 2.50. The lowest BCUT2D eigenvalue weighted by Gasteiger charge is -2.10. The van der Waals surface area contributed by atoms with Crippen LogP contribution in [-0.2, 0) is 11.3 Å². The molecular formula is C14H18N2O3S. The van der Waals surface area contributed by atoms with Crippen LogP contribution in [0.3, 0.4) is 0 Å². The molecule has 0 saturated carbocycles. The minimum atomic E-state index is -0.957. The SMILES string of the molecule is CC(C)CC(=O)NC(=S)NCc1ccc(C(=O)O)cc1. The van der Waals surface area contributed by atoms with Crippen LogP contribution in [0.1, 0.15) is 36.2 Å². The van der Waals surface area contributed by atoms with Crippen molar-refractivity contribution in [2.24, 2.45) is 5.92 Å². The number of hydrogen-bond acceptors (Lipinski definition) is 3. The summed E-state index contributed by atoms with van der Waals surface area (Å²) in [4.78, 5) is 22.2. The van der Waals surface area contributed by atoms with Crippen LogP contribution in [0.4, 0.5) is 0 Å². The summed E-state index contributed by atoms with van der Waals surface area (Å²) < 4.78 is 0. The van der Waals surface area contributed by atoms with Gasteiger partial charge in [-0.05, 0) is 35.8 Å². The van der Waals surface area contributed by atoms with Crippen LogP contribution in [0.25, 0.3) is 0 Å². The fourth-order valence-corrected chi connectivity index (χ4v) is 1.73. The Kier molecular flexibility index (Phi) is 6.11. The summed E-state index contributed by atoms with van der Waals surface area (Å²) in [6.07, 6.45) is 0.426. The van der Waals surface area contributed by atoms with Gasteiger partial charge >= 0.3 is 5.97 Å². The monoisotopic (exact) mass is 294 g/mol. The molecule has 0 spiro atoms. The zero-order chi connectivity index (χ0) is 15.1. The van der Waals surface area contributed by atoms with E-state index in [2.05, 4.69) is 10.6 Å². The van der Waals surface area contributed by atoms with E-state index >= 15 is 0 Å². The van der Waals surface area contributed by atoms with Crippen LogP contribution in [0.5, 0.6) is 0 Å². The maximum atomic E-state index is 11.5. The second-order valence-electron chi connectivity index (χ2n) is 4.83. The summed E-state index contributed by atoms with van der Waals surface area (Å²) in [5.41, 5.74) is 1.12. The predicted molar refractivity (Wildman–Crippen MR) is 80.4 cm³/mol. The minimum absolute atomic E-state index is 0.112. The first kappa shape index (κ1) is 16.1. The van der Waals surface area contributed by atoms with Gasteiger partial charge in [-0.3, -0.25) is 4.79 Å². The number of carboxylic acids is 1. The average molecular weight is 294 g/mol. The molecule has 1 rings (SSSR count). The van der Waals surface area contributed by atoms with E-state index in [1.165, 1.54) is 12.1 Å². The molecule has 1 aromatic carbocycles. The number of hydrogen-bond donors (Lipinski definition) is 3. The predicted octanol–water partition coefficient (Wildman–Crippen LogP) is 1.92. The van der Waals surface area contributed by atoms with Gasteiger partial charge in [-0.15, -0.1) is 0 Å². The van der Waals surface area contributed by atoms with Crippen LogP contribution in [0, 0.1) is 5.92 Å². The number of carbonyl (C=O) groups excluding carboxylic acids is 1. The Morgan fingerprint density at radius 2 is 1.85 bits per heavy atom. The van der Waals surface area contributed by atoms with Gasteiger partial charge in [-0.1, -0.05) is 26.0 Å². The number of nitrogens with one attached hydrogen (secondary N) is 2. The molecule has 6 heteroatoms. The van der Waals surface area contributed by atoms with Crippen molar-refractivity contribution in [1.29, 1.82) is 0 Å². The first-order valence-corrected chi connectivity index (χ1v) is 6.69. The maximum absolute atomic E-state index is 11.5. The van der Waals surface area contributed by atoms with Crippen molar-refractivity contribution in [2.75, 3.05) is 0 Å². The second-order valence-corrected chi connectivity index (χ2v) is 5.24. The van der Waals surface area contributed by atoms with Crippen LogP contribution in [-0.4, -0.2) is 22.1 Å². The van der Waals surface area contributed by atoms with Gasteiger partial charge in [0, 0.05) is 13.0 Å². The summed E-state index contributed by atoms with van der Waals surface area (Å²) in [5.74, 6) is -0.791. The molecule has 5 nitrogen and oxygen atoms in total. The van der Waals surface area contributed by atoms with E-state index < -0.39 is 5.97 Å². The maximum Gasteiger partial charge on any atom is 0.335 e. The quantitative estimate of drug-likeness (QED) is 0.723. The second kappa shape index (κ2) is 7.59. The van der Waals surface area contributed by atoms with Gasteiger partial charge in [-0.2, -0.15) is 0 Å². The highest BCUT2D eigenvalue weighted by molar-refractivity contribution is 7.80. The van der Waals surface area contributed by atoms with E-state index in [0.717, 1.165) is 5.56 Å². The molecule has 108 valence electrons. The van der Waals surface area contributed by atoms with Crippen molar-refractivity contribution in [2.45, 2.75) is 26.8 Å². The largest absolute Gasteiger partial charge is 0.478 e. The van der Waals surface area contributed by atoms with Gasteiger partial charge in [0.15, 0.2) is 5.11 Å².